The van der Waals surface area contributed by atoms with E-state index < -0.39 is 23.3 Å². The minimum atomic E-state index is -4.66. The molecule has 0 saturated heterocycles. The molecule has 0 radical (unpaired) electrons. The summed E-state index contributed by atoms with van der Waals surface area (Å²) in [5.41, 5.74) is -1.32. The van der Waals surface area contributed by atoms with E-state index in [0.717, 1.165) is 25.5 Å². The van der Waals surface area contributed by atoms with Crippen LogP contribution >= 0.6 is 45.2 Å². The lowest BCUT2D eigenvalue weighted by atomic mass is 9.63. The predicted octanol–water partition coefficient (Wildman–Crippen LogP) is 5.92. The van der Waals surface area contributed by atoms with Crippen molar-refractivity contribution in [2.24, 2.45) is 5.92 Å². The van der Waals surface area contributed by atoms with Gasteiger partial charge in [-0.15, -0.1) is 10.2 Å². The fourth-order valence-electron chi connectivity index (χ4n) is 4.55. The van der Waals surface area contributed by atoms with Crippen LogP contribution in [0.4, 0.5) is 13.2 Å². The van der Waals surface area contributed by atoms with Gasteiger partial charge in [0.25, 0.3) is 0 Å². The number of fused-ring (bicyclic) bond motifs is 1. The molecule has 0 atom stereocenters. The summed E-state index contributed by atoms with van der Waals surface area (Å²) in [6, 6.07) is 7.53. The van der Waals surface area contributed by atoms with Gasteiger partial charge in [0.15, 0.2) is 5.65 Å². The van der Waals surface area contributed by atoms with Crippen LogP contribution in [0.3, 0.4) is 0 Å². The Morgan fingerprint density at radius 2 is 1.97 bits per heavy atom. The number of nitrogens with zero attached hydrogens (tertiary/aromatic N) is 4. The van der Waals surface area contributed by atoms with Gasteiger partial charge in [-0.3, -0.25) is 4.40 Å². The first kappa shape index (κ1) is 23.9. The van der Waals surface area contributed by atoms with Gasteiger partial charge in [0.2, 0.25) is 0 Å². The van der Waals surface area contributed by atoms with Gasteiger partial charge in [-0.25, -0.2) is 0 Å². The van der Waals surface area contributed by atoms with Gasteiger partial charge in [0.05, 0.1) is 22.2 Å². The van der Waals surface area contributed by atoms with Crippen LogP contribution in [0.5, 0.6) is 11.5 Å². The number of benzene rings is 1. The van der Waals surface area contributed by atoms with Gasteiger partial charge in [-0.1, -0.05) is 0 Å². The maximum atomic E-state index is 14.1. The van der Waals surface area contributed by atoms with Crippen molar-refractivity contribution in [2.75, 3.05) is 7.11 Å². The van der Waals surface area contributed by atoms with Crippen LogP contribution in [0.15, 0.2) is 24.4 Å². The predicted molar refractivity (Wildman–Crippen MR) is 134 cm³/mol. The van der Waals surface area contributed by atoms with Gasteiger partial charge in [-0.2, -0.15) is 18.4 Å². The topological polar surface area (TPSA) is 72.4 Å². The van der Waals surface area contributed by atoms with Crippen LogP contribution in [0.25, 0.3) is 5.65 Å². The molecule has 0 bridgehead atoms. The molecular formula is C23H19F3I2N4O2. The number of ether oxygens (including phenoxy) is 2. The maximum Gasteiger partial charge on any atom is 0.423 e. The molecule has 178 valence electrons. The number of nitriles is 1. The molecular weight excluding hydrogens is 675 g/mol. The van der Waals surface area contributed by atoms with Crippen LogP contribution in [-0.2, 0) is 18.0 Å². The second-order valence-corrected chi connectivity index (χ2v) is 11.2. The molecule has 0 N–H and O–H groups in total. The number of alkyl halides is 3. The molecule has 3 aromatic rings. The Hall–Kier alpha value is -1.82. The summed E-state index contributed by atoms with van der Waals surface area (Å²) in [7, 11) is 1.55. The number of pyridine rings is 1. The lowest BCUT2D eigenvalue weighted by molar-refractivity contribution is -0.138. The highest BCUT2D eigenvalue weighted by molar-refractivity contribution is 14.1. The average molecular weight is 694 g/mol. The molecule has 6 nitrogen and oxygen atoms in total. The van der Waals surface area contributed by atoms with Gasteiger partial charge in [-0.05, 0) is 82.1 Å². The highest BCUT2D eigenvalue weighted by atomic mass is 127. The van der Waals surface area contributed by atoms with Crippen molar-refractivity contribution in [1.29, 1.82) is 5.26 Å². The molecule has 0 spiro atoms. The Kier molecular flexibility index (Phi) is 6.11. The van der Waals surface area contributed by atoms with Crippen LogP contribution in [0.1, 0.15) is 42.6 Å². The Labute approximate surface area is 221 Å². The lowest BCUT2D eigenvalue weighted by Crippen LogP contribution is -2.47. The summed E-state index contributed by atoms with van der Waals surface area (Å²) in [5.74, 6) is 1.33. The van der Waals surface area contributed by atoms with E-state index in [-0.39, 0.29) is 24.2 Å². The highest BCUT2D eigenvalue weighted by Gasteiger charge is 2.50. The Morgan fingerprint density at radius 3 is 2.59 bits per heavy atom. The van der Waals surface area contributed by atoms with Crippen molar-refractivity contribution < 1.29 is 22.6 Å². The van der Waals surface area contributed by atoms with E-state index in [1.54, 1.807) is 13.3 Å². The third kappa shape index (κ3) is 4.20. The summed E-state index contributed by atoms with van der Waals surface area (Å²) in [6.07, 6.45) is -0.397. The summed E-state index contributed by atoms with van der Waals surface area (Å²) in [4.78, 5) is 0. The first-order valence-corrected chi connectivity index (χ1v) is 12.9. The molecule has 2 aliphatic carbocycles. The van der Waals surface area contributed by atoms with Crippen molar-refractivity contribution in [3.63, 3.8) is 0 Å². The van der Waals surface area contributed by atoms with E-state index in [1.807, 2.05) is 12.1 Å². The van der Waals surface area contributed by atoms with Crippen molar-refractivity contribution in [3.8, 4) is 17.6 Å². The van der Waals surface area contributed by atoms with Crippen LogP contribution in [-0.4, -0.2) is 27.8 Å². The van der Waals surface area contributed by atoms with Crippen LogP contribution in [0, 0.1) is 24.4 Å². The number of aromatic nitrogens is 3. The Balaban J connectivity index is 1.44. The third-order valence-corrected chi connectivity index (χ3v) is 7.88. The minimum Gasteiger partial charge on any atom is -0.495 e. The van der Waals surface area contributed by atoms with Crippen molar-refractivity contribution in [3.05, 3.63) is 48.5 Å². The van der Waals surface area contributed by atoms with Crippen LogP contribution < -0.4 is 9.47 Å². The van der Waals surface area contributed by atoms with E-state index in [9.17, 15) is 18.4 Å². The summed E-state index contributed by atoms with van der Waals surface area (Å²) in [5, 5.41) is 17.9. The second kappa shape index (κ2) is 8.69. The standard InChI is InChI=1S/C23H19F3I2N4O2/c1-33-20-15(7-13(27)8-16(20)28)22(11-29)9-14(10-22)34-17-4-5-32-18(6-12-2-3-12)30-31-21(32)19(17)23(24,25)26/h4-5,7-8,12,14H,2-3,6,9-10H2,1H3/t14-,22-. The number of hydrogen-bond acceptors (Lipinski definition) is 5. The zero-order chi connectivity index (χ0) is 24.3. The molecule has 2 heterocycles. The van der Waals surface area contributed by atoms with Crippen molar-refractivity contribution >= 4 is 50.8 Å². The smallest absolute Gasteiger partial charge is 0.423 e. The SMILES string of the molecule is COc1c(I)cc(I)cc1[C@]1(C#N)C[C@@H](Oc2ccn3c(CC4CC4)nnc3c2C(F)(F)F)C1. The van der Waals surface area contributed by atoms with E-state index in [4.69, 9.17) is 9.47 Å². The van der Waals surface area contributed by atoms with Crippen LogP contribution in [0.2, 0.25) is 0 Å². The fourth-order valence-corrected chi connectivity index (χ4v) is 6.61. The fraction of sp³-hybridized carbons (Fsp3) is 0.435. The summed E-state index contributed by atoms with van der Waals surface area (Å²) < 4.78 is 56.8. The van der Waals surface area contributed by atoms with Crippen molar-refractivity contribution in [1.82, 2.24) is 14.6 Å². The molecule has 0 aliphatic heterocycles. The van der Waals surface area contributed by atoms with Gasteiger partial charge in [0, 0.05) is 34.6 Å². The summed E-state index contributed by atoms with van der Waals surface area (Å²) in [6.45, 7) is 0. The first-order valence-electron chi connectivity index (χ1n) is 10.7. The molecule has 2 fully saturated rings. The number of rotatable bonds is 6. The quantitative estimate of drug-likeness (QED) is 0.300. The van der Waals surface area contributed by atoms with E-state index in [0.29, 0.717) is 23.9 Å². The molecule has 34 heavy (non-hydrogen) atoms. The third-order valence-electron chi connectivity index (χ3n) is 6.45. The Bertz CT molecular complexity index is 1310. The summed E-state index contributed by atoms with van der Waals surface area (Å²) >= 11 is 4.33. The maximum absolute atomic E-state index is 14.1. The van der Waals surface area contributed by atoms with Gasteiger partial charge in [0.1, 0.15) is 29.0 Å². The average Bonchev–Trinajstić information content (AvgIpc) is 3.47. The van der Waals surface area contributed by atoms with E-state index in [1.165, 1.54) is 10.5 Å². The number of halogens is 5. The minimum absolute atomic E-state index is 0.250. The molecule has 2 saturated carbocycles. The molecule has 11 heteroatoms. The van der Waals surface area contributed by atoms with Crippen molar-refractivity contribution in [2.45, 2.75) is 49.8 Å². The largest absolute Gasteiger partial charge is 0.495 e. The molecule has 0 unspecified atom stereocenters. The Morgan fingerprint density at radius 1 is 1.24 bits per heavy atom. The molecule has 2 aliphatic rings. The zero-order valence-corrected chi connectivity index (χ0v) is 22.3. The highest BCUT2D eigenvalue weighted by Crippen LogP contribution is 2.50. The molecule has 1 aromatic carbocycles. The first-order chi connectivity index (χ1) is 16.1. The van der Waals surface area contributed by atoms with E-state index in [2.05, 4.69) is 61.4 Å². The lowest BCUT2D eigenvalue weighted by Gasteiger charge is -2.43. The molecule has 0 amide bonds. The normalized spacial score (nSPS) is 22.3. The van der Waals surface area contributed by atoms with Gasteiger partial charge < -0.3 is 9.47 Å². The number of hydrogen-bond donors (Lipinski definition) is 0. The monoisotopic (exact) mass is 694 g/mol. The number of methoxy groups -OCH3 is 1. The molecule has 5 rings (SSSR count). The zero-order valence-electron chi connectivity index (χ0n) is 18.0. The van der Waals surface area contributed by atoms with Gasteiger partial charge >= 0.3 is 6.18 Å². The molecule has 2 aromatic heterocycles. The van der Waals surface area contributed by atoms with E-state index >= 15 is 0 Å². The second-order valence-electron chi connectivity index (χ2n) is 8.82.